The third kappa shape index (κ3) is 10.5. The summed E-state index contributed by atoms with van der Waals surface area (Å²) in [6.45, 7) is 5.38. The maximum atomic E-state index is 10.3. The SMILES string of the molecule is C=CC(=O)OCC.NC(=O)C=CC=Cc1ccccc1. The monoisotopic (exact) mass is 273 g/mol. The molecule has 1 aromatic carbocycles. The molecule has 106 valence electrons. The molecule has 0 atom stereocenters. The average Bonchev–Trinajstić information content (AvgIpc) is 2.45. The molecule has 0 aliphatic carbocycles. The summed E-state index contributed by atoms with van der Waals surface area (Å²) in [5, 5.41) is 0. The number of primary amides is 1. The fourth-order valence-electron chi connectivity index (χ4n) is 1.08. The highest BCUT2D eigenvalue weighted by Gasteiger charge is 1.86. The minimum Gasteiger partial charge on any atom is -0.463 e. The first-order valence-corrected chi connectivity index (χ1v) is 6.08. The second kappa shape index (κ2) is 11.5. The van der Waals surface area contributed by atoms with Crippen molar-refractivity contribution in [2.24, 2.45) is 5.73 Å². The van der Waals surface area contributed by atoms with Crippen LogP contribution < -0.4 is 5.73 Å². The number of nitrogens with two attached hydrogens (primary N) is 1. The van der Waals surface area contributed by atoms with Gasteiger partial charge in [-0.2, -0.15) is 0 Å². The highest BCUT2D eigenvalue weighted by atomic mass is 16.5. The maximum Gasteiger partial charge on any atom is 0.330 e. The number of rotatable bonds is 5. The summed E-state index contributed by atoms with van der Waals surface area (Å²) < 4.78 is 4.43. The molecule has 1 aromatic rings. The van der Waals surface area contributed by atoms with Crippen LogP contribution in [0.2, 0.25) is 0 Å². The van der Waals surface area contributed by atoms with E-state index in [4.69, 9.17) is 5.73 Å². The van der Waals surface area contributed by atoms with Gasteiger partial charge in [0.25, 0.3) is 0 Å². The molecule has 0 bridgehead atoms. The molecule has 4 heteroatoms. The predicted octanol–water partition coefficient (Wildman–Crippen LogP) is 2.48. The zero-order chi connectivity index (χ0) is 15.2. The standard InChI is InChI=1S/C11H11NO.C5H8O2/c12-11(13)9-5-4-8-10-6-2-1-3-7-10;1-3-5(6)7-4-2/h1-9H,(H2,12,13);3H,1,4H2,2H3. The molecule has 1 rings (SSSR count). The van der Waals surface area contributed by atoms with Crippen LogP contribution in [0, 0.1) is 0 Å². The predicted molar refractivity (Wildman–Crippen MR) is 80.6 cm³/mol. The molecule has 2 N–H and O–H groups in total. The van der Waals surface area contributed by atoms with E-state index in [-0.39, 0.29) is 5.97 Å². The number of carbonyl (C=O) groups excluding carboxylic acids is 2. The van der Waals surface area contributed by atoms with Crippen LogP contribution in [0.3, 0.4) is 0 Å². The van der Waals surface area contributed by atoms with E-state index in [0.717, 1.165) is 11.6 Å². The van der Waals surface area contributed by atoms with Crippen molar-refractivity contribution < 1.29 is 14.3 Å². The smallest absolute Gasteiger partial charge is 0.330 e. The number of amides is 1. The first-order chi connectivity index (χ1) is 9.60. The molecule has 0 spiro atoms. The Kier molecular flexibility index (Phi) is 9.97. The average molecular weight is 273 g/mol. The molecule has 0 saturated carbocycles. The number of allylic oxidation sites excluding steroid dienone is 2. The van der Waals surface area contributed by atoms with Crippen LogP contribution in [0.25, 0.3) is 6.08 Å². The fraction of sp³-hybridized carbons (Fsp3) is 0.125. The van der Waals surface area contributed by atoms with Crippen LogP contribution in [-0.2, 0) is 14.3 Å². The molecule has 1 amide bonds. The number of hydrogen-bond acceptors (Lipinski definition) is 3. The lowest BCUT2D eigenvalue weighted by Crippen LogP contribution is -2.04. The second-order valence-electron chi connectivity index (χ2n) is 3.49. The van der Waals surface area contributed by atoms with Gasteiger partial charge in [-0.25, -0.2) is 4.79 Å². The van der Waals surface area contributed by atoms with Gasteiger partial charge in [0.05, 0.1) is 6.61 Å². The number of benzene rings is 1. The maximum absolute atomic E-state index is 10.3. The summed E-state index contributed by atoms with van der Waals surface area (Å²) in [6, 6.07) is 9.83. The van der Waals surface area contributed by atoms with Crippen LogP contribution >= 0.6 is 0 Å². The molecule has 0 aliphatic rings. The summed E-state index contributed by atoms with van der Waals surface area (Å²) in [4.78, 5) is 20.4. The van der Waals surface area contributed by atoms with Crippen molar-refractivity contribution in [1.29, 1.82) is 0 Å². The summed E-state index contributed by atoms with van der Waals surface area (Å²) in [6.07, 6.45) is 7.76. The fourth-order valence-corrected chi connectivity index (χ4v) is 1.08. The van der Waals surface area contributed by atoms with E-state index >= 15 is 0 Å². The Morgan fingerprint density at radius 1 is 1.25 bits per heavy atom. The highest BCUT2D eigenvalue weighted by molar-refractivity contribution is 5.86. The summed E-state index contributed by atoms with van der Waals surface area (Å²) >= 11 is 0. The van der Waals surface area contributed by atoms with Crippen LogP contribution in [0.4, 0.5) is 0 Å². The molecular formula is C16H19NO3. The first-order valence-electron chi connectivity index (χ1n) is 6.08. The van der Waals surface area contributed by atoms with Crippen molar-refractivity contribution in [3.8, 4) is 0 Å². The summed E-state index contributed by atoms with van der Waals surface area (Å²) in [5.74, 6) is -0.791. The molecule has 4 nitrogen and oxygen atoms in total. The van der Waals surface area contributed by atoms with Gasteiger partial charge in [-0.1, -0.05) is 55.1 Å². The van der Waals surface area contributed by atoms with Gasteiger partial charge in [-0.15, -0.1) is 0 Å². The van der Waals surface area contributed by atoms with E-state index in [0.29, 0.717) is 6.61 Å². The van der Waals surface area contributed by atoms with Gasteiger partial charge in [0.15, 0.2) is 0 Å². The molecule has 0 unspecified atom stereocenters. The van der Waals surface area contributed by atoms with Crippen LogP contribution in [0.5, 0.6) is 0 Å². The van der Waals surface area contributed by atoms with E-state index in [2.05, 4.69) is 11.3 Å². The minimum atomic E-state index is -0.433. The topological polar surface area (TPSA) is 69.4 Å². The van der Waals surface area contributed by atoms with E-state index in [9.17, 15) is 9.59 Å². The lowest BCUT2D eigenvalue weighted by Gasteiger charge is -1.90. The number of ether oxygens (including phenoxy) is 1. The van der Waals surface area contributed by atoms with Crippen molar-refractivity contribution in [3.05, 3.63) is 66.8 Å². The Morgan fingerprint density at radius 3 is 2.35 bits per heavy atom. The van der Waals surface area contributed by atoms with Crippen LogP contribution in [-0.4, -0.2) is 18.5 Å². The molecule has 0 heterocycles. The zero-order valence-electron chi connectivity index (χ0n) is 11.5. The Balaban J connectivity index is 0.000000441. The lowest BCUT2D eigenvalue weighted by atomic mass is 10.2. The number of hydrogen-bond donors (Lipinski definition) is 1. The van der Waals surface area contributed by atoms with E-state index in [1.54, 1.807) is 19.1 Å². The van der Waals surface area contributed by atoms with Gasteiger partial charge < -0.3 is 10.5 Å². The van der Waals surface area contributed by atoms with Gasteiger partial charge >= 0.3 is 5.97 Å². The van der Waals surface area contributed by atoms with Crippen molar-refractivity contribution in [1.82, 2.24) is 0 Å². The highest BCUT2D eigenvalue weighted by Crippen LogP contribution is 2.00. The quantitative estimate of drug-likeness (QED) is 0.509. The third-order valence-corrected chi connectivity index (χ3v) is 1.91. The molecule has 0 fully saturated rings. The second-order valence-corrected chi connectivity index (χ2v) is 3.49. The lowest BCUT2D eigenvalue weighted by molar-refractivity contribution is -0.137. The van der Waals surface area contributed by atoms with Crippen molar-refractivity contribution >= 4 is 18.0 Å². The van der Waals surface area contributed by atoms with Gasteiger partial charge in [-0.3, -0.25) is 4.79 Å². The van der Waals surface area contributed by atoms with Gasteiger partial charge in [0, 0.05) is 12.2 Å². The summed E-state index contributed by atoms with van der Waals surface area (Å²) in [5.41, 5.74) is 6.01. The third-order valence-electron chi connectivity index (χ3n) is 1.91. The largest absolute Gasteiger partial charge is 0.463 e. The van der Waals surface area contributed by atoms with Gasteiger partial charge in [0.1, 0.15) is 0 Å². The molecule has 0 aliphatic heterocycles. The molecule has 20 heavy (non-hydrogen) atoms. The minimum absolute atomic E-state index is 0.359. The van der Waals surface area contributed by atoms with E-state index in [1.807, 2.05) is 36.4 Å². The molecule has 0 radical (unpaired) electrons. The van der Waals surface area contributed by atoms with E-state index in [1.165, 1.54) is 6.08 Å². The van der Waals surface area contributed by atoms with Gasteiger partial charge in [-0.05, 0) is 12.5 Å². The Hall–Kier alpha value is -2.62. The summed E-state index contributed by atoms with van der Waals surface area (Å²) in [7, 11) is 0. The van der Waals surface area contributed by atoms with Crippen LogP contribution in [0.1, 0.15) is 12.5 Å². The van der Waals surface area contributed by atoms with Crippen molar-refractivity contribution in [2.75, 3.05) is 6.61 Å². The van der Waals surface area contributed by atoms with Crippen molar-refractivity contribution in [3.63, 3.8) is 0 Å². The molecule has 0 aromatic heterocycles. The molecular weight excluding hydrogens is 254 g/mol. The van der Waals surface area contributed by atoms with Crippen molar-refractivity contribution in [2.45, 2.75) is 6.92 Å². The van der Waals surface area contributed by atoms with Gasteiger partial charge in [0.2, 0.25) is 5.91 Å². The Labute approximate surface area is 119 Å². The van der Waals surface area contributed by atoms with Crippen LogP contribution in [0.15, 0.2) is 61.2 Å². The first kappa shape index (κ1) is 17.4. The number of carbonyl (C=O) groups is 2. The molecule has 0 saturated heterocycles. The Bertz CT molecular complexity index is 476. The zero-order valence-corrected chi connectivity index (χ0v) is 11.5. The van der Waals surface area contributed by atoms with E-state index < -0.39 is 5.91 Å². The normalized spacial score (nSPS) is 9.85. The Morgan fingerprint density at radius 2 is 1.90 bits per heavy atom. The number of esters is 1.